The number of carbonyl (C=O) groups excluding carboxylic acids is 3. The summed E-state index contributed by atoms with van der Waals surface area (Å²) < 4.78 is 55.1. The Morgan fingerprint density at radius 2 is 1.02 bits per heavy atom. The highest BCUT2D eigenvalue weighted by Crippen LogP contribution is 2.32. The number of benzene rings is 6. The van der Waals surface area contributed by atoms with Crippen molar-refractivity contribution < 1.29 is 43.4 Å². The van der Waals surface area contributed by atoms with Gasteiger partial charge in [-0.3, -0.25) is 18.8 Å². The maximum absolute atomic E-state index is 13.3. The minimum Gasteiger partial charge on any atom is -0.423 e. The molecule has 0 saturated heterocycles. The lowest BCUT2D eigenvalue weighted by atomic mass is 9.80. The van der Waals surface area contributed by atoms with Crippen LogP contribution in [-0.4, -0.2) is 49.1 Å². The second kappa shape index (κ2) is 24.5. The zero-order chi connectivity index (χ0) is 46.1. The number of alkyl halides is 1. The summed E-state index contributed by atoms with van der Waals surface area (Å²) in [5.41, 5.74) is 10.1. The molecule has 6 aromatic rings. The van der Waals surface area contributed by atoms with Crippen LogP contribution in [0.3, 0.4) is 0 Å². The Morgan fingerprint density at radius 3 is 1.52 bits per heavy atom. The summed E-state index contributed by atoms with van der Waals surface area (Å²) in [6.07, 6.45) is 3.99. The average molecular weight is 930 g/mol. The van der Waals surface area contributed by atoms with Gasteiger partial charge in [0.15, 0.2) is 0 Å². The van der Waals surface area contributed by atoms with Crippen LogP contribution < -0.4 is 21.0 Å². The van der Waals surface area contributed by atoms with Gasteiger partial charge in [-0.05, 0) is 143 Å². The molecule has 0 unspecified atom stereocenters. The highest BCUT2D eigenvalue weighted by Gasteiger charge is 2.21. The highest BCUT2D eigenvalue weighted by atomic mass is 79.9. The fraction of sp³-hybridized carbons (Fsp3) is 0.204. The van der Waals surface area contributed by atoms with Crippen LogP contribution in [-0.2, 0) is 33.6 Å². The maximum Gasteiger partial charge on any atom is 0.488 e. The predicted molar refractivity (Wildman–Crippen MR) is 250 cm³/mol. The first-order valence-electron chi connectivity index (χ1n) is 20.2. The van der Waals surface area contributed by atoms with Gasteiger partial charge in [-0.25, -0.2) is 13.2 Å². The van der Waals surface area contributed by atoms with Crippen molar-refractivity contribution in [3.8, 4) is 22.3 Å². The second-order valence-corrected chi connectivity index (χ2v) is 14.9. The van der Waals surface area contributed by atoms with E-state index in [1.165, 1.54) is 55.4 Å². The first kappa shape index (κ1) is 49.6. The number of fused-ring (bicyclic) bond motifs is 3. The van der Waals surface area contributed by atoms with Crippen molar-refractivity contribution in [1.29, 1.82) is 0 Å². The molecule has 3 heterocycles. The molecule has 14 heteroatoms. The average Bonchev–Trinajstić information content (AvgIpc) is 3.29. The number of nitrogens with zero attached hydrogens (tertiary/aromatic N) is 1. The smallest absolute Gasteiger partial charge is 0.423 e. The zero-order valence-corrected chi connectivity index (χ0v) is 36.0. The van der Waals surface area contributed by atoms with E-state index in [0.717, 1.165) is 80.2 Å². The first-order chi connectivity index (χ1) is 30.3. The largest absolute Gasteiger partial charge is 0.488 e. The van der Waals surface area contributed by atoms with Crippen molar-refractivity contribution in [2.24, 2.45) is 0 Å². The standard InChI is InChI=1S/C16H14FNO.C15H12FNO.C9H8BrNO.C6H6BFO2.CH3F.2CH4/c1-18-15-7-5-12(9-13(15)6-8-16(18)19)11-3-2-4-14(17)10-11;16-13-3-1-2-10(9-13)11-4-6-14-12(8-11)5-7-15(18)17-14;10-7-2-3-8-6(5-7)1-4-9(12)11-8;8-6-3-1-2-5(4-6)7(9)10;1-2;;/h2-5,7,9-10H,6,8H2,1H3;1-4,6,8-9H,5,7H2,(H,17,18);2-3,5H,1,4H2,(H,11,12);1-4,9-10H;1H3;2*1H4/i;;;;;1D;. The molecule has 9 rings (SSSR count). The van der Waals surface area contributed by atoms with E-state index in [0.29, 0.717) is 26.4 Å². The Balaban J connectivity index is 0.000000226. The number of halogens is 5. The Kier molecular flexibility index (Phi) is 19.3. The van der Waals surface area contributed by atoms with Crippen LogP contribution >= 0.6 is 15.9 Å². The molecule has 3 aliphatic heterocycles. The summed E-state index contributed by atoms with van der Waals surface area (Å²) in [6, 6.07) is 35.9. The van der Waals surface area contributed by atoms with Gasteiger partial charge in [0.25, 0.3) is 0 Å². The third-order valence-corrected chi connectivity index (χ3v) is 10.3. The minimum atomic E-state index is -1.59. The minimum absolute atomic E-state index is 0. The fourth-order valence-electron chi connectivity index (χ4n) is 6.75. The molecular weight excluding hydrogens is 877 g/mol. The van der Waals surface area contributed by atoms with Gasteiger partial charge in [-0.1, -0.05) is 79.3 Å². The van der Waals surface area contributed by atoms with E-state index in [1.54, 1.807) is 24.1 Å². The van der Waals surface area contributed by atoms with Gasteiger partial charge in [-0.2, -0.15) is 0 Å². The van der Waals surface area contributed by atoms with E-state index in [-0.39, 0.29) is 42.2 Å². The molecule has 3 aliphatic rings. The summed E-state index contributed by atoms with van der Waals surface area (Å²) in [5, 5.41) is 22.7. The summed E-state index contributed by atoms with van der Waals surface area (Å²) in [7, 11) is 1.96. The molecule has 63 heavy (non-hydrogen) atoms. The van der Waals surface area contributed by atoms with E-state index in [9.17, 15) is 31.9 Å². The van der Waals surface area contributed by atoms with E-state index < -0.39 is 12.9 Å². The normalized spacial score (nSPS) is 13.0. The summed E-state index contributed by atoms with van der Waals surface area (Å²) in [6.45, 7) is 0. The molecule has 0 fully saturated rings. The van der Waals surface area contributed by atoms with Crippen LogP contribution in [0.15, 0.2) is 132 Å². The Morgan fingerprint density at radius 1 is 0.571 bits per heavy atom. The molecule has 6 aromatic carbocycles. The molecule has 4 N–H and O–H groups in total. The number of hydrogen-bond acceptors (Lipinski definition) is 5. The van der Waals surface area contributed by atoms with Crippen molar-refractivity contribution in [3.63, 3.8) is 0 Å². The van der Waals surface area contributed by atoms with Gasteiger partial charge in [0.1, 0.15) is 17.5 Å². The fourth-order valence-corrected chi connectivity index (χ4v) is 7.16. The molecule has 0 aromatic heterocycles. The third kappa shape index (κ3) is 14.5. The molecule has 0 atom stereocenters. The number of carbonyl (C=O) groups is 3. The molecular formula is C49H51BBrF4N3O5. The summed E-state index contributed by atoms with van der Waals surface area (Å²) >= 11 is 3.39. The number of amides is 3. The number of aryl methyl sites for hydroxylation is 3. The Bertz CT molecular complexity index is 2510. The summed E-state index contributed by atoms with van der Waals surface area (Å²) in [4.78, 5) is 35.6. The molecule has 8 nitrogen and oxygen atoms in total. The molecule has 0 spiro atoms. The van der Waals surface area contributed by atoms with E-state index >= 15 is 0 Å². The van der Waals surface area contributed by atoms with Crippen molar-refractivity contribution in [3.05, 3.63) is 166 Å². The molecule has 0 bridgehead atoms. The van der Waals surface area contributed by atoms with Gasteiger partial charge in [0.2, 0.25) is 17.7 Å². The summed E-state index contributed by atoms with van der Waals surface area (Å²) in [5.74, 6) is -0.622. The lowest BCUT2D eigenvalue weighted by molar-refractivity contribution is -0.119. The number of nitrogens with one attached hydrogen (secondary N) is 2. The molecule has 3 amide bonds. The van der Waals surface area contributed by atoms with Crippen molar-refractivity contribution in [2.45, 2.75) is 53.4 Å². The van der Waals surface area contributed by atoms with Gasteiger partial charge in [0, 0.05) is 49.2 Å². The highest BCUT2D eigenvalue weighted by molar-refractivity contribution is 9.10. The van der Waals surface area contributed by atoms with Crippen LogP contribution in [0, 0.1) is 17.5 Å². The lowest BCUT2D eigenvalue weighted by Gasteiger charge is -2.26. The molecule has 330 valence electrons. The zero-order valence-electron chi connectivity index (χ0n) is 35.4. The van der Waals surface area contributed by atoms with Gasteiger partial charge in [0.05, 0.1) is 7.18 Å². The molecule has 0 saturated carbocycles. The van der Waals surface area contributed by atoms with E-state index in [4.69, 9.17) is 11.4 Å². The molecule has 0 aliphatic carbocycles. The van der Waals surface area contributed by atoms with Gasteiger partial charge in [-0.15, -0.1) is 0 Å². The topological polar surface area (TPSA) is 119 Å². The lowest BCUT2D eigenvalue weighted by Crippen LogP contribution is -2.30. The van der Waals surface area contributed by atoms with Crippen molar-refractivity contribution in [2.75, 3.05) is 29.8 Å². The van der Waals surface area contributed by atoms with Crippen LogP contribution in [0.4, 0.5) is 34.6 Å². The van der Waals surface area contributed by atoms with Crippen molar-refractivity contribution >= 4 is 63.3 Å². The third-order valence-electron chi connectivity index (χ3n) is 9.85. The van der Waals surface area contributed by atoms with Crippen molar-refractivity contribution in [1.82, 2.24) is 0 Å². The van der Waals surface area contributed by atoms with Crippen LogP contribution in [0.5, 0.6) is 0 Å². The second-order valence-electron chi connectivity index (χ2n) is 14.0. The van der Waals surface area contributed by atoms with Crippen LogP contribution in [0.1, 0.15) is 52.2 Å². The Hall–Kier alpha value is -6.09. The number of anilines is 3. The number of rotatable bonds is 3. The van der Waals surface area contributed by atoms with Crippen LogP contribution in [0.25, 0.3) is 22.3 Å². The SMILES string of the molecule is C.CF.CN1C(=O)CCc2cc(-c3cccc(F)c3)ccc21.O=C1CCc2cc(-c3cccc(F)c3)ccc2N1.O=C1CCc2cc(Br)ccc2N1.OB(O)c1cccc(F)c1.[2H]C. The number of hydrogen-bond donors (Lipinski definition) is 4. The molecule has 0 radical (unpaired) electrons. The maximum atomic E-state index is 13.3. The van der Waals surface area contributed by atoms with E-state index in [1.807, 2.05) is 60.7 Å². The van der Waals surface area contributed by atoms with Gasteiger partial charge >= 0.3 is 7.12 Å². The first-order valence-corrected chi connectivity index (χ1v) is 20.0. The predicted octanol–water partition coefficient (Wildman–Crippen LogP) is 10.5. The quantitative estimate of drug-likeness (QED) is 0.104. The Labute approximate surface area is 376 Å². The van der Waals surface area contributed by atoms with E-state index in [2.05, 4.69) is 32.6 Å². The van der Waals surface area contributed by atoms with Gasteiger partial charge < -0.3 is 25.6 Å². The van der Waals surface area contributed by atoms with Crippen LogP contribution in [0.2, 0.25) is 0 Å². The monoisotopic (exact) mass is 928 g/mol.